The maximum Gasteiger partial charge on any atom is 0.261 e. The molecule has 0 aliphatic carbocycles. The summed E-state index contributed by atoms with van der Waals surface area (Å²) in [7, 11) is 0. The second kappa shape index (κ2) is 9.82. The smallest absolute Gasteiger partial charge is 0.261 e. The summed E-state index contributed by atoms with van der Waals surface area (Å²) < 4.78 is 22.0. The number of carbonyl (C=O) groups is 1. The number of nitrogens with zero attached hydrogens (tertiary/aromatic N) is 3. The van der Waals surface area contributed by atoms with Gasteiger partial charge in [0, 0.05) is 6.04 Å². The van der Waals surface area contributed by atoms with Crippen molar-refractivity contribution in [3.05, 3.63) is 78.9 Å². The molecule has 8 nitrogen and oxygen atoms in total. The summed E-state index contributed by atoms with van der Waals surface area (Å²) in [6.45, 7) is 3.89. The molecule has 0 aliphatic rings. The van der Waals surface area contributed by atoms with E-state index in [0.29, 0.717) is 29.0 Å². The Morgan fingerprint density at radius 2 is 1.69 bits per heavy atom. The van der Waals surface area contributed by atoms with Crippen molar-refractivity contribution in [2.24, 2.45) is 0 Å². The van der Waals surface area contributed by atoms with Gasteiger partial charge in [-0.1, -0.05) is 23.4 Å². The van der Waals surface area contributed by atoms with Crippen LogP contribution in [0.1, 0.15) is 19.7 Å². The average molecular weight is 433 g/mol. The molecule has 0 unspecified atom stereocenters. The Balaban J connectivity index is 1.33. The summed E-state index contributed by atoms with van der Waals surface area (Å²) in [5.41, 5.74) is 0. The van der Waals surface area contributed by atoms with Crippen LogP contribution >= 0.6 is 0 Å². The molecule has 2 aromatic heterocycles. The van der Waals surface area contributed by atoms with Crippen molar-refractivity contribution in [2.75, 3.05) is 6.61 Å². The second-order valence-corrected chi connectivity index (χ2v) is 7.28. The minimum absolute atomic E-state index is 0.0771. The number of hydrogen-bond acceptors (Lipinski definition) is 7. The fourth-order valence-corrected chi connectivity index (χ4v) is 2.99. The molecule has 8 heteroatoms. The third-order valence-corrected chi connectivity index (χ3v) is 4.62. The van der Waals surface area contributed by atoms with Crippen molar-refractivity contribution in [1.82, 2.24) is 15.0 Å². The Labute approximate surface area is 185 Å². The van der Waals surface area contributed by atoms with Gasteiger partial charge in [-0.15, -0.1) is 0 Å². The maximum absolute atomic E-state index is 12.8. The molecule has 164 valence electrons. The maximum atomic E-state index is 12.8. The highest BCUT2D eigenvalue weighted by Crippen LogP contribution is 2.23. The lowest BCUT2D eigenvalue weighted by Gasteiger charge is -2.25. The van der Waals surface area contributed by atoms with Crippen molar-refractivity contribution < 1.29 is 23.2 Å². The van der Waals surface area contributed by atoms with Crippen LogP contribution < -0.4 is 9.47 Å². The van der Waals surface area contributed by atoms with E-state index < -0.39 is 0 Å². The molecule has 2 heterocycles. The molecule has 0 bridgehead atoms. The van der Waals surface area contributed by atoms with Crippen LogP contribution in [0, 0.1) is 0 Å². The van der Waals surface area contributed by atoms with Crippen molar-refractivity contribution in [3.63, 3.8) is 0 Å². The first kappa shape index (κ1) is 21.2. The highest BCUT2D eigenvalue weighted by molar-refractivity contribution is 5.78. The van der Waals surface area contributed by atoms with Crippen LogP contribution in [-0.4, -0.2) is 33.6 Å². The molecule has 0 N–H and O–H groups in total. The Morgan fingerprint density at radius 1 is 0.969 bits per heavy atom. The van der Waals surface area contributed by atoms with Gasteiger partial charge in [-0.2, -0.15) is 4.98 Å². The molecule has 0 aliphatic heterocycles. The van der Waals surface area contributed by atoms with E-state index in [0.717, 1.165) is 5.75 Å². The Hall–Kier alpha value is -4.07. The fraction of sp³-hybridized carbons (Fsp3) is 0.208. The molecule has 4 rings (SSSR count). The summed E-state index contributed by atoms with van der Waals surface area (Å²) >= 11 is 0. The predicted molar refractivity (Wildman–Crippen MR) is 116 cm³/mol. The molecule has 2 aromatic carbocycles. The van der Waals surface area contributed by atoms with E-state index in [-0.39, 0.29) is 25.1 Å². The van der Waals surface area contributed by atoms with Crippen LogP contribution in [0.4, 0.5) is 0 Å². The molecule has 0 fully saturated rings. The van der Waals surface area contributed by atoms with Crippen LogP contribution in [0.2, 0.25) is 0 Å². The first-order chi connectivity index (χ1) is 15.6. The monoisotopic (exact) mass is 433 g/mol. The molecule has 4 aromatic rings. The first-order valence-electron chi connectivity index (χ1n) is 10.2. The number of para-hydroxylation sites is 1. The van der Waals surface area contributed by atoms with Crippen molar-refractivity contribution in [2.45, 2.75) is 26.4 Å². The normalized spacial score (nSPS) is 10.8. The number of aromatic nitrogens is 2. The van der Waals surface area contributed by atoms with E-state index in [2.05, 4.69) is 10.1 Å². The van der Waals surface area contributed by atoms with E-state index >= 15 is 0 Å². The molecule has 1 amide bonds. The summed E-state index contributed by atoms with van der Waals surface area (Å²) in [6.07, 6.45) is 1.53. The number of rotatable bonds is 9. The van der Waals surface area contributed by atoms with Gasteiger partial charge in [-0.05, 0) is 62.4 Å². The standard InChI is InChI=1S/C24H23N3O5/c1-17(2)27(15-22-25-24(26-32-22)21-9-6-14-29-21)23(28)16-30-18-10-12-20(13-11-18)31-19-7-4-3-5-8-19/h3-14,17H,15-16H2,1-2H3. The Bertz CT molecular complexity index is 1120. The third kappa shape index (κ3) is 5.34. The zero-order chi connectivity index (χ0) is 22.3. The lowest BCUT2D eigenvalue weighted by Crippen LogP contribution is -2.39. The zero-order valence-corrected chi connectivity index (χ0v) is 17.8. The number of amides is 1. The van der Waals surface area contributed by atoms with Gasteiger partial charge < -0.3 is 23.3 Å². The minimum Gasteiger partial charge on any atom is -0.484 e. The third-order valence-electron chi connectivity index (χ3n) is 4.62. The molecule has 0 atom stereocenters. The highest BCUT2D eigenvalue weighted by Gasteiger charge is 2.21. The molecular weight excluding hydrogens is 410 g/mol. The Kier molecular flexibility index (Phi) is 6.50. The van der Waals surface area contributed by atoms with E-state index in [4.69, 9.17) is 18.4 Å². The predicted octanol–water partition coefficient (Wildman–Crippen LogP) is 4.94. The van der Waals surface area contributed by atoms with Crippen molar-refractivity contribution in [1.29, 1.82) is 0 Å². The van der Waals surface area contributed by atoms with Gasteiger partial charge in [0.15, 0.2) is 12.4 Å². The van der Waals surface area contributed by atoms with Crippen molar-refractivity contribution in [3.8, 4) is 28.8 Å². The van der Waals surface area contributed by atoms with E-state index in [1.165, 1.54) is 6.26 Å². The molecule has 0 radical (unpaired) electrons. The lowest BCUT2D eigenvalue weighted by atomic mass is 10.3. The first-order valence-corrected chi connectivity index (χ1v) is 10.2. The molecule has 0 saturated heterocycles. The summed E-state index contributed by atoms with van der Waals surface area (Å²) in [6, 6.07) is 20.0. The van der Waals surface area contributed by atoms with Gasteiger partial charge >= 0.3 is 0 Å². The van der Waals surface area contributed by atoms with Gasteiger partial charge in [0.2, 0.25) is 11.7 Å². The van der Waals surface area contributed by atoms with Crippen LogP contribution in [0.3, 0.4) is 0 Å². The van der Waals surface area contributed by atoms with Gasteiger partial charge in [0.25, 0.3) is 5.91 Å². The van der Waals surface area contributed by atoms with Gasteiger partial charge in [0.1, 0.15) is 23.8 Å². The quantitative estimate of drug-likeness (QED) is 0.369. The SMILES string of the molecule is CC(C)N(Cc1nc(-c2ccco2)no1)C(=O)COc1ccc(Oc2ccccc2)cc1. The molecule has 0 spiro atoms. The van der Waals surface area contributed by atoms with Gasteiger partial charge in [-0.25, -0.2) is 0 Å². The van der Waals surface area contributed by atoms with E-state index in [1.54, 1.807) is 41.3 Å². The number of benzene rings is 2. The second-order valence-electron chi connectivity index (χ2n) is 7.28. The van der Waals surface area contributed by atoms with Crippen LogP contribution in [0.5, 0.6) is 17.2 Å². The van der Waals surface area contributed by atoms with E-state index in [1.807, 2.05) is 44.2 Å². The molecular formula is C24H23N3O5. The van der Waals surface area contributed by atoms with Gasteiger partial charge in [0.05, 0.1) is 6.26 Å². The average Bonchev–Trinajstić information content (AvgIpc) is 3.49. The number of hydrogen-bond donors (Lipinski definition) is 0. The zero-order valence-electron chi connectivity index (χ0n) is 17.8. The molecule has 32 heavy (non-hydrogen) atoms. The van der Waals surface area contributed by atoms with Crippen molar-refractivity contribution >= 4 is 5.91 Å². The largest absolute Gasteiger partial charge is 0.484 e. The molecule has 0 saturated carbocycles. The summed E-state index contributed by atoms with van der Waals surface area (Å²) in [5.74, 6) is 2.98. The topological polar surface area (TPSA) is 90.8 Å². The van der Waals surface area contributed by atoms with Crippen LogP contribution in [0.15, 0.2) is 81.9 Å². The summed E-state index contributed by atoms with van der Waals surface area (Å²) in [4.78, 5) is 18.7. The van der Waals surface area contributed by atoms with Crippen LogP contribution in [-0.2, 0) is 11.3 Å². The Morgan fingerprint density at radius 3 is 2.38 bits per heavy atom. The van der Waals surface area contributed by atoms with E-state index in [9.17, 15) is 4.79 Å². The number of carbonyl (C=O) groups excluding carboxylic acids is 1. The fourth-order valence-electron chi connectivity index (χ4n) is 2.99. The minimum atomic E-state index is -0.192. The summed E-state index contributed by atoms with van der Waals surface area (Å²) in [5, 5.41) is 3.90. The van der Waals surface area contributed by atoms with Gasteiger partial charge in [-0.3, -0.25) is 4.79 Å². The highest BCUT2D eigenvalue weighted by atomic mass is 16.5. The lowest BCUT2D eigenvalue weighted by molar-refractivity contribution is -0.136. The number of ether oxygens (including phenoxy) is 2. The number of furan rings is 1. The van der Waals surface area contributed by atoms with Crippen LogP contribution in [0.25, 0.3) is 11.6 Å².